The van der Waals surface area contributed by atoms with E-state index >= 15 is 0 Å². The van der Waals surface area contributed by atoms with E-state index in [1.807, 2.05) is 66.6 Å². The van der Waals surface area contributed by atoms with Crippen molar-refractivity contribution in [3.8, 4) is 22.9 Å². The monoisotopic (exact) mass is 437 g/mol. The Morgan fingerprint density at radius 1 is 1.06 bits per heavy atom. The van der Waals surface area contributed by atoms with Crippen LogP contribution in [0.4, 0.5) is 0 Å². The quantitative estimate of drug-likeness (QED) is 0.410. The van der Waals surface area contributed by atoms with Gasteiger partial charge in [-0.2, -0.15) is 5.10 Å². The smallest absolute Gasteiger partial charge is 0.193 e. The number of nitrogens with one attached hydrogen (secondary N) is 1. The first kappa shape index (κ1) is 23.0. The predicted molar refractivity (Wildman–Crippen MR) is 126 cm³/mol. The number of para-hydroxylation sites is 1. The molecule has 0 spiro atoms. The minimum atomic E-state index is 0.666. The molecule has 0 saturated heterocycles. The topological polar surface area (TPSA) is 73.1 Å². The van der Waals surface area contributed by atoms with E-state index in [1.165, 1.54) is 0 Å². The molecular weight excluding hydrogens is 406 g/mol. The highest BCUT2D eigenvalue weighted by atomic mass is 16.5. The molecule has 0 aliphatic heterocycles. The highest BCUT2D eigenvalue weighted by Crippen LogP contribution is 2.34. The van der Waals surface area contributed by atoms with Crippen LogP contribution in [-0.4, -0.2) is 62.6 Å². The summed E-state index contributed by atoms with van der Waals surface area (Å²) in [7, 11) is 8.70. The molecule has 32 heavy (non-hydrogen) atoms. The Kier molecular flexibility index (Phi) is 7.96. The summed E-state index contributed by atoms with van der Waals surface area (Å²) in [4.78, 5) is 6.48. The van der Waals surface area contributed by atoms with Crippen LogP contribution < -0.4 is 19.5 Å². The standard InChI is InChI=1S/C24H31N5O3/c1-25-24(26-12-11-21-22(31-4)13-20(30-3)14-23(21)32-5)28(2)16-18-15-27-29(17-18)19-9-7-6-8-10-19/h6-10,13-15,17H,11-12,16H2,1-5H3,(H,25,26). The fraction of sp³-hybridized carbons (Fsp3) is 0.333. The summed E-state index contributed by atoms with van der Waals surface area (Å²) in [6.07, 6.45) is 4.62. The molecule has 0 aliphatic carbocycles. The van der Waals surface area contributed by atoms with Gasteiger partial charge < -0.3 is 24.4 Å². The molecule has 3 rings (SSSR count). The van der Waals surface area contributed by atoms with Crippen molar-refractivity contribution < 1.29 is 14.2 Å². The van der Waals surface area contributed by atoms with Gasteiger partial charge >= 0.3 is 0 Å². The molecule has 0 aliphatic rings. The third-order valence-corrected chi connectivity index (χ3v) is 5.13. The molecule has 0 saturated carbocycles. The Balaban J connectivity index is 1.61. The molecule has 1 heterocycles. The van der Waals surface area contributed by atoms with Gasteiger partial charge in [0.1, 0.15) is 17.2 Å². The zero-order chi connectivity index (χ0) is 22.9. The van der Waals surface area contributed by atoms with E-state index < -0.39 is 0 Å². The fourth-order valence-corrected chi connectivity index (χ4v) is 3.52. The van der Waals surface area contributed by atoms with Crippen molar-refractivity contribution in [3.63, 3.8) is 0 Å². The van der Waals surface area contributed by atoms with Gasteiger partial charge in [0, 0.05) is 56.6 Å². The van der Waals surface area contributed by atoms with E-state index in [0.717, 1.165) is 34.3 Å². The van der Waals surface area contributed by atoms with Gasteiger partial charge in [-0.25, -0.2) is 4.68 Å². The van der Waals surface area contributed by atoms with Crippen LogP contribution in [0.15, 0.2) is 59.9 Å². The zero-order valence-corrected chi connectivity index (χ0v) is 19.3. The number of hydrogen-bond donors (Lipinski definition) is 1. The number of benzene rings is 2. The van der Waals surface area contributed by atoms with Crippen molar-refractivity contribution in [2.45, 2.75) is 13.0 Å². The van der Waals surface area contributed by atoms with Crippen molar-refractivity contribution in [1.29, 1.82) is 0 Å². The molecule has 1 N–H and O–H groups in total. The summed E-state index contributed by atoms with van der Waals surface area (Å²) >= 11 is 0. The largest absolute Gasteiger partial charge is 0.496 e. The van der Waals surface area contributed by atoms with Crippen LogP contribution in [0.1, 0.15) is 11.1 Å². The van der Waals surface area contributed by atoms with Crippen molar-refractivity contribution >= 4 is 5.96 Å². The van der Waals surface area contributed by atoms with Crippen LogP contribution in [0.3, 0.4) is 0 Å². The maximum absolute atomic E-state index is 5.54. The third kappa shape index (κ3) is 5.51. The molecule has 0 fully saturated rings. The number of guanidine groups is 1. The fourth-order valence-electron chi connectivity index (χ4n) is 3.52. The summed E-state index contributed by atoms with van der Waals surface area (Å²) in [6.45, 7) is 1.35. The molecule has 0 atom stereocenters. The molecule has 8 nitrogen and oxygen atoms in total. The lowest BCUT2D eigenvalue weighted by atomic mass is 10.1. The van der Waals surface area contributed by atoms with Crippen LogP contribution in [0.2, 0.25) is 0 Å². The molecule has 0 amide bonds. The maximum atomic E-state index is 5.54. The third-order valence-electron chi connectivity index (χ3n) is 5.13. The number of aromatic nitrogens is 2. The minimum Gasteiger partial charge on any atom is -0.496 e. The molecule has 0 bridgehead atoms. The first-order chi connectivity index (χ1) is 15.6. The highest BCUT2D eigenvalue weighted by molar-refractivity contribution is 5.79. The van der Waals surface area contributed by atoms with Gasteiger partial charge in [-0.1, -0.05) is 18.2 Å². The molecule has 1 aromatic heterocycles. The van der Waals surface area contributed by atoms with Gasteiger partial charge in [0.25, 0.3) is 0 Å². The summed E-state index contributed by atoms with van der Waals surface area (Å²) in [5, 5.41) is 7.88. The normalized spacial score (nSPS) is 11.2. The van der Waals surface area contributed by atoms with Gasteiger partial charge in [0.2, 0.25) is 0 Å². The molecule has 0 radical (unpaired) electrons. The molecule has 3 aromatic rings. The Hall–Kier alpha value is -3.68. The molecule has 0 unspecified atom stereocenters. The lowest BCUT2D eigenvalue weighted by Crippen LogP contribution is -2.39. The van der Waals surface area contributed by atoms with Crippen LogP contribution in [0.25, 0.3) is 5.69 Å². The second-order valence-corrected chi connectivity index (χ2v) is 7.22. The number of nitrogens with zero attached hydrogens (tertiary/aromatic N) is 4. The molecule has 8 heteroatoms. The summed E-state index contributed by atoms with van der Waals surface area (Å²) in [5.74, 6) is 2.96. The summed E-state index contributed by atoms with van der Waals surface area (Å²) in [6, 6.07) is 13.8. The van der Waals surface area contributed by atoms with E-state index in [0.29, 0.717) is 25.3 Å². The average molecular weight is 438 g/mol. The van der Waals surface area contributed by atoms with E-state index in [2.05, 4.69) is 20.3 Å². The van der Waals surface area contributed by atoms with Gasteiger partial charge in [0.15, 0.2) is 5.96 Å². The van der Waals surface area contributed by atoms with Crippen molar-refractivity contribution in [2.75, 3.05) is 42.0 Å². The number of rotatable bonds is 9. The van der Waals surface area contributed by atoms with E-state index in [1.54, 1.807) is 28.4 Å². The first-order valence-electron chi connectivity index (χ1n) is 10.4. The molecular formula is C24H31N5O3. The van der Waals surface area contributed by atoms with Crippen LogP contribution in [-0.2, 0) is 13.0 Å². The number of aliphatic imine (C=N–C) groups is 1. The van der Waals surface area contributed by atoms with Crippen LogP contribution >= 0.6 is 0 Å². The van der Waals surface area contributed by atoms with Crippen molar-refractivity contribution in [1.82, 2.24) is 20.0 Å². The van der Waals surface area contributed by atoms with E-state index in [4.69, 9.17) is 14.2 Å². The molecule has 170 valence electrons. The molecule has 2 aromatic carbocycles. The average Bonchev–Trinajstić information content (AvgIpc) is 3.30. The van der Waals surface area contributed by atoms with E-state index in [9.17, 15) is 0 Å². The Morgan fingerprint density at radius 2 is 1.75 bits per heavy atom. The van der Waals surface area contributed by atoms with Crippen LogP contribution in [0, 0.1) is 0 Å². The summed E-state index contributed by atoms with van der Waals surface area (Å²) in [5.41, 5.74) is 3.11. The lowest BCUT2D eigenvalue weighted by molar-refractivity contribution is 0.368. The Bertz CT molecular complexity index is 1010. The Labute approximate surface area is 189 Å². The van der Waals surface area contributed by atoms with Gasteiger partial charge in [-0.15, -0.1) is 0 Å². The SMILES string of the molecule is CN=C(NCCc1c(OC)cc(OC)cc1OC)N(C)Cc1cnn(-c2ccccc2)c1. The van der Waals surface area contributed by atoms with Crippen molar-refractivity contribution in [3.05, 3.63) is 66.0 Å². The zero-order valence-electron chi connectivity index (χ0n) is 19.3. The Morgan fingerprint density at radius 3 is 2.34 bits per heavy atom. The minimum absolute atomic E-state index is 0.666. The lowest BCUT2D eigenvalue weighted by Gasteiger charge is -2.22. The predicted octanol–water partition coefficient (Wildman–Crippen LogP) is 3.15. The first-order valence-corrected chi connectivity index (χ1v) is 10.4. The van der Waals surface area contributed by atoms with E-state index in [-0.39, 0.29) is 0 Å². The van der Waals surface area contributed by atoms with Gasteiger partial charge in [-0.05, 0) is 18.6 Å². The van der Waals surface area contributed by atoms with Crippen molar-refractivity contribution in [2.24, 2.45) is 4.99 Å². The van der Waals surface area contributed by atoms with Gasteiger partial charge in [-0.3, -0.25) is 4.99 Å². The number of methoxy groups -OCH3 is 3. The maximum Gasteiger partial charge on any atom is 0.193 e. The highest BCUT2D eigenvalue weighted by Gasteiger charge is 2.14. The van der Waals surface area contributed by atoms with Gasteiger partial charge in [0.05, 0.1) is 33.2 Å². The number of hydrogen-bond acceptors (Lipinski definition) is 5. The van der Waals surface area contributed by atoms with Crippen LogP contribution in [0.5, 0.6) is 17.2 Å². The second-order valence-electron chi connectivity index (χ2n) is 7.22. The number of ether oxygens (including phenoxy) is 3. The second kappa shape index (κ2) is 11.1. The summed E-state index contributed by atoms with van der Waals surface area (Å²) < 4.78 is 18.3.